The van der Waals surface area contributed by atoms with Gasteiger partial charge in [-0.05, 0) is 74.5 Å². The van der Waals surface area contributed by atoms with Crippen molar-refractivity contribution in [3.63, 3.8) is 0 Å². The molecule has 32 heavy (non-hydrogen) atoms. The van der Waals surface area contributed by atoms with E-state index in [4.69, 9.17) is 4.74 Å². The highest BCUT2D eigenvalue weighted by molar-refractivity contribution is 7.92. The van der Waals surface area contributed by atoms with Gasteiger partial charge < -0.3 is 4.74 Å². The summed E-state index contributed by atoms with van der Waals surface area (Å²) < 4.78 is 32.8. The van der Waals surface area contributed by atoms with Crippen molar-refractivity contribution in [1.29, 1.82) is 0 Å². The van der Waals surface area contributed by atoms with Gasteiger partial charge in [0.25, 0.3) is 21.8 Å². The number of carbonyl (C=O) groups excluding carboxylic acids is 2. The van der Waals surface area contributed by atoms with Gasteiger partial charge in [0.2, 0.25) is 0 Å². The number of carbonyl (C=O) groups is 2. The second kappa shape index (κ2) is 9.92. The van der Waals surface area contributed by atoms with Gasteiger partial charge in [-0.15, -0.1) is 0 Å². The van der Waals surface area contributed by atoms with Crippen LogP contribution in [0.4, 0.5) is 5.69 Å². The Bertz CT molecular complexity index is 1190. The standard InChI is InChI=1S/C22H22N4O5S/c1-3-31-19-10-12-20(13-11-19)32(29,30)26-18-8-6-16(7-9-18)21(27)24-25-22(28)17-5-4-15(2)23-14-17/h4-14,26H,3H2,1-2H3,(H,24,27)(H,25,28). The van der Waals surface area contributed by atoms with Gasteiger partial charge in [0.15, 0.2) is 0 Å². The van der Waals surface area contributed by atoms with E-state index in [1.807, 2.05) is 6.92 Å². The molecule has 0 spiro atoms. The Morgan fingerprint density at radius 3 is 2.03 bits per heavy atom. The van der Waals surface area contributed by atoms with E-state index in [0.29, 0.717) is 17.9 Å². The van der Waals surface area contributed by atoms with E-state index in [0.717, 1.165) is 5.69 Å². The highest BCUT2D eigenvalue weighted by Crippen LogP contribution is 2.19. The third kappa shape index (κ3) is 5.82. The first-order valence-corrected chi connectivity index (χ1v) is 11.2. The number of nitrogens with zero attached hydrogens (tertiary/aromatic N) is 1. The van der Waals surface area contributed by atoms with Gasteiger partial charge in [0, 0.05) is 23.1 Å². The van der Waals surface area contributed by atoms with Gasteiger partial charge in [-0.2, -0.15) is 0 Å². The zero-order valence-electron chi connectivity index (χ0n) is 17.5. The molecule has 2 aromatic carbocycles. The Morgan fingerprint density at radius 2 is 1.47 bits per heavy atom. The molecule has 0 atom stereocenters. The molecule has 166 valence electrons. The van der Waals surface area contributed by atoms with Crippen LogP contribution in [-0.2, 0) is 10.0 Å². The molecule has 0 aliphatic carbocycles. The lowest BCUT2D eigenvalue weighted by Gasteiger charge is -2.10. The molecule has 0 saturated heterocycles. The van der Waals surface area contributed by atoms with Crippen LogP contribution in [0.2, 0.25) is 0 Å². The van der Waals surface area contributed by atoms with Gasteiger partial charge in [0.1, 0.15) is 5.75 Å². The monoisotopic (exact) mass is 454 g/mol. The van der Waals surface area contributed by atoms with Crippen LogP contribution in [0.15, 0.2) is 71.8 Å². The fourth-order valence-electron chi connectivity index (χ4n) is 2.65. The number of sulfonamides is 1. The van der Waals surface area contributed by atoms with Crippen molar-refractivity contribution in [2.75, 3.05) is 11.3 Å². The summed E-state index contributed by atoms with van der Waals surface area (Å²) in [5.74, 6) is -0.488. The van der Waals surface area contributed by atoms with Crippen LogP contribution >= 0.6 is 0 Å². The number of ether oxygens (including phenoxy) is 1. The molecule has 0 aliphatic rings. The van der Waals surface area contributed by atoms with Crippen molar-refractivity contribution in [2.24, 2.45) is 0 Å². The molecule has 1 aromatic heterocycles. The maximum Gasteiger partial charge on any atom is 0.271 e. The molecular weight excluding hydrogens is 432 g/mol. The fourth-order valence-corrected chi connectivity index (χ4v) is 3.70. The van der Waals surface area contributed by atoms with Gasteiger partial charge in [-0.3, -0.25) is 30.1 Å². The Kier molecular flexibility index (Phi) is 7.06. The van der Waals surface area contributed by atoms with E-state index in [1.54, 1.807) is 31.2 Å². The summed E-state index contributed by atoms with van der Waals surface area (Å²) in [6.07, 6.45) is 1.40. The predicted molar refractivity (Wildman–Crippen MR) is 119 cm³/mol. The Hall–Kier alpha value is -3.92. The number of benzene rings is 2. The zero-order valence-corrected chi connectivity index (χ0v) is 18.3. The number of aromatic nitrogens is 1. The average Bonchev–Trinajstić information content (AvgIpc) is 2.78. The van der Waals surface area contributed by atoms with Crippen LogP contribution in [-0.4, -0.2) is 31.8 Å². The van der Waals surface area contributed by atoms with Gasteiger partial charge in [0.05, 0.1) is 17.1 Å². The van der Waals surface area contributed by atoms with E-state index in [2.05, 4.69) is 20.6 Å². The van der Waals surface area contributed by atoms with Crippen LogP contribution < -0.4 is 20.3 Å². The lowest BCUT2D eigenvalue weighted by molar-refractivity contribution is 0.0846. The van der Waals surface area contributed by atoms with Crippen LogP contribution in [0.5, 0.6) is 5.75 Å². The van der Waals surface area contributed by atoms with E-state index in [-0.39, 0.29) is 16.1 Å². The van der Waals surface area contributed by atoms with E-state index in [1.165, 1.54) is 42.6 Å². The number of aryl methyl sites for hydroxylation is 1. The molecule has 0 aliphatic heterocycles. The normalized spacial score (nSPS) is 10.8. The highest BCUT2D eigenvalue weighted by Gasteiger charge is 2.15. The molecular formula is C22H22N4O5S. The number of rotatable bonds is 7. The smallest absolute Gasteiger partial charge is 0.271 e. The predicted octanol–water partition coefficient (Wildman–Crippen LogP) is 2.66. The van der Waals surface area contributed by atoms with E-state index >= 15 is 0 Å². The Labute approximate surface area is 185 Å². The quantitative estimate of drug-likeness (QED) is 0.471. The molecule has 10 heteroatoms. The minimum atomic E-state index is -3.80. The Balaban J connectivity index is 1.59. The number of pyridine rings is 1. The van der Waals surface area contributed by atoms with Crippen molar-refractivity contribution in [2.45, 2.75) is 18.7 Å². The maximum absolute atomic E-state index is 12.5. The molecule has 3 rings (SSSR count). The topological polar surface area (TPSA) is 126 Å². The molecule has 0 radical (unpaired) electrons. The minimum absolute atomic E-state index is 0.0797. The van der Waals surface area contributed by atoms with E-state index < -0.39 is 21.8 Å². The van der Waals surface area contributed by atoms with Crippen LogP contribution in [0, 0.1) is 6.92 Å². The first kappa shape index (κ1) is 22.8. The number of amides is 2. The summed E-state index contributed by atoms with van der Waals surface area (Å²) in [6.45, 7) is 4.12. The third-order valence-electron chi connectivity index (χ3n) is 4.31. The summed E-state index contributed by atoms with van der Waals surface area (Å²) in [6, 6.07) is 15.1. The van der Waals surface area contributed by atoms with Crippen molar-refractivity contribution >= 4 is 27.5 Å². The molecule has 1 heterocycles. The largest absolute Gasteiger partial charge is 0.494 e. The van der Waals surface area contributed by atoms with Gasteiger partial charge in [-0.25, -0.2) is 8.42 Å². The van der Waals surface area contributed by atoms with Crippen LogP contribution in [0.3, 0.4) is 0 Å². The van der Waals surface area contributed by atoms with Gasteiger partial charge in [-0.1, -0.05) is 0 Å². The van der Waals surface area contributed by atoms with Crippen molar-refractivity contribution in [1.82, 2.24) is 15.8 Å². The second-order valence-electron chi connectivity index (χ2n) is 6.68. The molecule has 9 nitrogen and oxygen atoms in total. The molecule has 0 unspecified atom stereocenters. The fraction of sp³-hybridized carbons (Fsp3) is 0.136. The lowest BCUT2D eigenvalue weighted by atomic mass is 10.2. The number of anilines is 1. The summed E-state index contributed by atoms with van der Waals surface area (Å²) >= 11 is 0. The van der Waals surface area contributed by atoms with Crippen molar-refractivity contribution < 1.29 is 22.7 Å². The molecule has 2 amide bonds. The average molecular weight is 455 g/mol. The first-order valence-electron chi connectivity index (χ1n) is 9.67. The molecule has 3 N–H and O–H groups in total. The zero-order chi connectivity index (χ0) is 23.1. The number of hydrazine groups is 1. The van der Waals surface area contributed by atoms with Gasteiger partial charge >= 0.3 is 0 Å². The highest BCUT2D eigenvalue weighted by atomic mass is 32.2. The molecule has 3 aromatic rings. The number of nitrogens with one attached hydrogen (secondary N) is 3. The summed E-state index contributed by atoms with van der Waals surface area (Å²) in [5, 5.41) is 0. The van der Waals surface area contributed by atoms with Crippen LogP contribution in [0.1, 0.15) is 33.3 Å². The SMILES string of the molecule is CCOc1ccc(S(=O)(=O)Nc2ccc(C(=O)NNC(=O)c3ccc(C)nc3)cc2)cc1. The number of hydrogen-bond acceptors (Lipinski definition) is 6. The maximum atomic E-state index is 12.5. The molecule has 0 bridgehead atoms. The first-order chi connectivity index (χ1) is 15.3. The van der Waals surface area contributed by atoms with Crippen molar-refractivity contribution in [3.05, 3.63) is 83.7 Å². The molecule has 0 fully saturated rings. The van der Waals surface area contributed by atoms with Crippen LogP contribution in [0.25, 0.3) is 0 Å². The summed E-state index contributed by atoms with van der Waals surface area (Å²) in [5.41, 5.74) is 6.19. The molecule has 0 saturated carbocycles. The Morgan fingerprint density at radius 1 is 0.875 bits per heavy atom. The summed E-state index contributed by atoms with van der Waals surface area (Å²) in [4.78, 5) is 28.4. The third-order valence-corrected chi connectivity index (χ3v) is 5.70. The van der Waals surface area contributed by atoms with E-state index in [9.17, 15) is 18.0 Å². The van der Waals surface area contributed by atoms with Crippen molar-refractivity contribution in [3.8, 4) is 5.75 Å². The second-order valence-corrected chi connectivity index (χ2v) is 8.37. The summed E-state index contributed by atoms with van der Waals surface area (Å²) in [7, 11) is -3.80. The lowest BCUT2D eigenvalue weighted by Crippen LogP contribution is -2.41. The minimum Gasteiger partial charge on any atom is -0.494 e. The number of hydrogen-bond donors (Lipinski definition) is 3.